The summed E-state index contributed by atoms with van der Waals surface area (Å²) in [6, 6.07) is -0.791. The van der Waals surface area contributed by atoms with Crippen LogP contribution >= 0.6 is 11.8 Å². The predicted molar refractivity (Wildman–Crippen MR) is 62.0 cm³/mol. The number of carboxylic acid groups (broad SMARTS) is 1. The van der Waals surface area contributed by atoms with Crippen LogP contribution in [0.1, 0.15) is 20.3 Å². The lowest BCUT2D eigenvalue weighted by Gasteiger charge is -2.12. The maximum atomic E-state index is 11.3. The van der Waals surface area contributed by atoms with Gasteiger partial charge in [-0.15, -0.1) is 0 Å². The lowest BCUT2D eigenvalue weighted by molar-refractivity contribution is -0.141. The molecule has 0 aliphatic carbocycles. The first kappa shape index (κ1) is 14.0. The molecule has 15 heavy (non-hydrogen) atoms. The molecular formula is C10H17NO3S. The number of carbonyl (C=O) groups is 2. The standard InChI is InChI=1S/C10H17NO3S/c1-7(2)6-9(12)11-8(10(13)14)4-5-15-3/h6,8H,4-5H2,1-3H3,(H,11,12)(H,13,14)/t8-/m1/s1. The summed E-state index contributed by atoms with van der Waals surface area (Å²) in [5.74, 6) is -0.616. The van der Waals surface area contributed by atoms with Crippen molar-refractivity contribution in [2.24, 2.45) is 0 Å². The average molecular weight is 231 g/mol. The number of aliphatic carboxylic acids is 1. The van der Waals surface area contributed by atoms with E-state index in [4.69, 9.17) is 5.11 Å². The van der Waals surface area contributed by atoms with Gasteiger partial charge in [-0.1, -0.05) is 5.57 Å². The van der Waals surface area contributed by atoms with Crippen LogP contribution in [-0.4, -0.2) is 35.0 Å². The molecule has 4 nitrogen and oxygen atoms in total. The number of carboxylic acids is 1. The van der Waals surface area contributed by atoms with Gasteiger partial charge in [-0.3, -0.25) is 4.79 Å². The van der Waals surface area contributed by atoms with Gasteiger partial charge in [0.05, 0.1) is 0 Å². The molecule has 0 radical (unpaired) electrons. The minimum Gasteiger partial charge on any atom is -0.480 e. The number of hydrogen-bond donors (Lipinski definition) is 2. The van der Waals surface area contributed by atoms with E-state index in [0.717, 1.165) is 5.57 Å². The molecule has 0 rings (SSSR count). The third-order valence-electron chi connectivity index (χ3n) is 1.65. The van der Waals surface area contributed by atoms with E-state index in [0.29, 0.717) is 12.2 Å². The van der Waals surface area contributed by atoms with Crippen LogP contribution in [0.5, 0.6) is 0 Å². The van der Waals surface area contributed by atoms with E-state index in [9.17, 15) is 9.59 Å². The van der Waals surface area contributed by atoms with Crippen molar-refractivity contribution in [1.29, 1.82) is 0 Å². The Morgan fingerprint density at radius 2 is 2.07 bits per heavy atom. The number of amides is 1. The van der Waals surface area contributed by atoms with Crippen molar-refractivity contribution in [2.75, 3.05) is 12.0 Å². The minimum atomic E-state index is -0.987. The second kappa shape index (κ2) is 7.34. The summed E-state index contributed by atoms with van der Waals surface area (Å²) in [5, 5.41) is 11.3. The number of hydrogen-bond acceptors (Lipinski definition) is 3. The Morgan fingerprint density at radius 3 is 2.47 bits per heavy atom. The van der Waals surface area contributed by atoms with Crippen LogP contribution < -0.4 is 5.32 Å². The van der Waals surface area contributed by atoms with Gasteiger partial charge < -0.3 is 10.4 Å². The van der Waals surface area contributed by atoms with Crippen molar-refractivity contribution >= 4 is 23.6 Å². The van der Waals surface area contributed by atoms with Crippen LogP contribution in [0.4, 0.5) is 0 Å². The van der Waals surface area contributed by atoms with Gasteiger partial charge in [-0.05, 0) is 32.3 Å². The summed E-state index contributed by atoms with van der Waals surface area (Å²) >= 11 is 1.56. The van der Waals surface area contributed by atoms with E-state index < -0.39 is 12.0 Å². The fourth-order valence-corrected chi connectivity index (χ4v) is 1.44. The molecule has 0 bridgehead atoms. The Hall–Kier alpha value is -0.970. The van der Waals surface area contributed by atoms with E-state index >= 15 is 0 Å². The Balaban J connectivity index is 4.22. The molecule has 0 heterocycles. The largest absolute Gasteiger partial charge is 0.480 e. The van der Waals surface area contributed by atoms with E-state index in [1.165, 1.54) is 6.08 Å². The van der Waals surface area contributed by atoms with Crippen molar-refractivity contribution in [2.45, 2.75) is 26.3 Å². The molecule has 5 heteroatoms. The Labute approximate surface area is 94.1 Å². The van der Waals surface area contributed by atoms with Crippen LogP contribution in [-0.2, 0) is 9.59 Å². The maximum Gasteiger partial charge on any atom is 0.326 e. The first-order valence-electron chi connectivity index (χ1n) is 4.64. The van der Waals surface area contributed by atoms with Gasteiger partial charge in [0.25, 0.3) is 0 Å². The second-order valence-corrected chi connectivity index (χ2v) is 4.39. The van der Waals surface area contributed by atoms with Crippen LogP contribution in [0.3, 0.4) is 0 Å². The van der Waals surface area contributed by atoms with E-state index in [1.54, 1.807) is 25.6 Å². The number of allylic oxidation sites excluding steroid dienone is 1. The fraction of sp³-hybridized carbons (Fsp3) is 0.600. The summed E-state index contributed by atoms with van der Waals surface area (Å²) in [5.41, 5.74) is 0.849. The number of thioether (sulfide) groups is 1. The maximum absolute atomic E-state index is 11.3. The third kappa shape index (κ3) is 7.02. The van der Waals surface area contributed by atoms with Gasteiger partial charge in [-0.25, -0.2) is 4.79 Å². The van der Waals surface area contributed by atoms with Crippen LogP contribution in [0.25, 0.3) is 0 Å². The molecule has 0 spiro atoms. The normalized spacial score (nSPS) is 11.7. The fourth-order valence-electron chi connectivity index (χ4n) is 0.969. The number of rotatable bonds is 6. The zero-order chi connectivity index (χ0) is 11.8. The van der Waals surface area contributed by atoms with Crippen molar-refractivity contribution in [3.05, 3.63) is 11.6 Å². The van der Waals surface area contributed by atoms with Gasteiger partial charge in [0.2, 0.25) is 5.91 Å². The van der Waals surface area contributed by atoms with Crippen molar-refractivity contribution < 1.29 is 14.7 Å². The molecule has 1 atom stereocenters. The summed E-state index contributed by atoms with van der Waals surface area (Å²) in [6.45, 7) is 3.58. The predicted octanol–water partition coefficient (Wildman–Crippen LogP) is 1.28. The summed E-state index contributed by atoms with van der Waals surface area (Å²) < 4.78 is 0. The molecule has 0 saturated carbocycles. The first-order chi connectivity index (χ1) is 6.97. The number of carbonyl (C=O) groups excluding carboxylic acids is 1. The first-order valence-corrected chi connectivity index (χ1v) is 6.04. The van der Waals surface area contributed by atoms with Gasteiger partial charge >= 0.3 is 5.97 Å². The molecule has 0 aromatic rings. The monoisotopic (exact) mass is 231 g/mol. The summed E-state index contributed by atoms with van der Waals surface area (Å²) in [7, 11) is 0. The molecule has 1 amide bonds. The van der Waals surface area contributed by atoms with E-state index in [-0.39, 0.29) is 5.91 Å². The number of nitrogens with one attached hydrogen (secondary N) is 1. The lowest BCUT2D eigenvalue weighted by Crippen LogP contribution is -2.40. The second-order valence-electron chi connectivity index (χ2n) is 3.40. The zero-order valence-corrected chi connectivity index (χ0v) is 10.1. The Morgan fingerprint density at radius 1 is 1.47 bits per heavy atom. The smallest absolute Gasteiger partial charge is 0.326 e. The highest BCUT2D eigenvalue weighted by Crippen LogP contribution is 2.01. The van der Waals surface area contributed by atoms with Crippen molar-refractivity contribution in [3.8, 4) is 0 Å². The lowest BCUT2D eigenvalue weighted by atomic mass is 10.2. The Kier molecular flexibility index (Phi) is 6.86. The van der Waals surface area contributed by atoms with Gasteiger partial charge in [0, 0.05) is 6.08 Å². The Bertz CT molecular complexity index is 259. The minimum absolute atomic E-state index is 0.344. The summed E-state index contributed by atoms with van der Waals surface area (Å²) in [4.78, 5) is 22.1. The highest BCUT2D eigenvalue weighted by molar-refractivity contribution is 7.98. The highest BCUT2D eigenvalue weighted by atomic mass is 32.2. The molecule has 0 aromatic heterocycles. The SMILES string of the molecule is CSCC[C@@H](NC(=O)C=C(C)C)C(=O)O. The van der Waals surface area contributed by atoms with E-state index in [1.807, 2.05) is 6.26 Å². The van der Waals surface area contributed by atoms with Gasteiger partial charge in [0.15, 0.2) is 0 Å². The van der Waals surface area contributed by atoms with Crippen LogP contribution in [0.15, 0.2) is 11.6 Å². The van der Waals surface area contributed by atoms with Gasteiger partial charge in [0.1, 0.15) is 6.04 Å². The molecule has 0 saturated heterocycles. The molecule has 0 aromatic carbocycles. The molecule has 0 aliphatic heterocycles. The summed E-state index contributed by atoms with van der Waals surface area (Å²) in [6.07, 6.45) is 3.74. The van der Waals surface area contributed by atoms with Crippen LogP contribution in [0.2, 0.25) is 0 Å². The molecular weight excluding hydrogens is 214 g/mol. The highest BCUT2D eigenvalue weighted by Gasteiger charge is 2.17. The topological polar surface area (TPSA) is 66.4 Å². The van der Waals surface area contributed by atoms with Crippen molar-refractivity contribution in [3.63, 3.8) is 0 Å². The zero-order valence-electron chi connectivity index (χ0n) is 9.24. The molecule has 86 valence electrons. The molecule has 2 N–H and O–H groups in total. The average Bonchev–Trinajstić information content (AvgIpc) is 2.10. The third-order valence-corrected chi connectivity index (χ3v) is 2.29. The molecule has 0 unspecified atom stereocenters. The van der Waals surface area contributed by atoms with Crippen molar-refractivity contribution in [1.82, 2.24) is 5.32 Å². The van der Waals surface area contributed by atoms with E-state index in [2.05, 4.69) is 5.32 Å². The van der Waals surface area contributed by atoms with Gasteiger partial charge in [-0.2, -0.15) is 11.8 Å². The molecule has 0 aliphatic rings. The quantitative estimate of drug-likeness (QED) is 0.676. The van der Waals surface area contributed by atoms with Crippen LogP contribution in [0, 0.1) is 0 Å². The molecule has 0 fully saturated rings.